The Labute approximate surface area is 136 Å². The molecular formula is C16H24N6O. The normalized spacial score (nSPS) is 21.6. The lowest BCUT2D eigenvalue weighted by Crippen LogP contribution is -2.36. The number of rotatable bonds is 6. The molecule has 1 fully saturated rings. The van der Waals surface area contributed by atoms with Gasteiger partial charge >= 0.3 is 0 Å². The molecule has 0 N–H and O–H groups in total. The van der Waals surface area contributed by atoms with E-state index in [-0.39, 0.29) is 0 Å². The van der Waals surface area contributed by atoms with E-state index < -0.39 is 0 Å². The van der Waals surface area contributed by atoms with Crippen LogP contribution < -0.4 is 0 Å². The largest absolute Gasteiger partial charge is 0.380 e. The van der Waals surface area contributed by atoms with Crippen LogP contribution in [0.4, 0.5) is 0 Å². The van der Waals surface area contributed by atoms with Crippen LogP contribution in [0.2, 0.25) is 0 Å². The summed E-state index contributed by atoms with van der Waals surface area (Å²) < 4.78 is 9.74. The molecule has 0 spiro atoms. The first kappa shape index (κ1) is 14.8. The molecule has 1 aliphatic carbocycles. The quantitative estimate of drug-likeness (QED) is 0.798. The Morgan fingerprint density at radius 1 is 1.26 bits per heavy atom. The molecule has 4 rings (SSSR count). The summed E-state index contributed by atoms with van der Waals surface area (Å²) in [5.74, 6) is 1.14. The topological polar surface area (TPSA) is 61.0 Å². The van der Waals surface area contributed by atoms with Gasteiger partial charge in [-0.15, -0.1) is 5.10 Å². The molecule has 3 heterocycles. The molecule has 2 aromatic heterocycles. The third kappa shape index (κ3) is 3.30. The van der Waals surface area contributed by atoms with Crippen LogP contribution in [0.5, 0.6) is 0 Å². The second-order valence-corrected chi connectivity index (χ2v) is 6.91. The molecule has 7 heteroatoms. The van der Waals surface area contributed by atoms with Gasteiger partial charge in [-0.1, -0.05) is 5.21 Å². The van der Waals surface area contributed by atoms with E-state index in [1.54, 1.807) is 0 Å². The zero-order chi connectivity index (χ0) is 15.8. The van der Waals surface area contributed by atoms with Crippen LogP contribution in [0.25, 0.3) is 0 Å². The summed E-state index contributed by atoms with van der Waals surface area (Å²) in [5, 5.41) is 12.8. The van der Waals surface area contributed by atoms with Crippen LogP contribution in [0.3, 0.4) is 0 Å². The molecule has 0 saturated heterocycles. The number of nitrogens with zero attached hydrogens (tertiary/aromatic N) is 6. The fourth-order valence-electron chi connectivity index (χ4n) is 3.42. The highest BCUT2D eigenvalue weighted by Crippen LogP contribution is 2.31. The number of aromatic nitrogens is 5. The summed E-state index contributed by atoms with van der Waals surface area (Å²) in [5.41, 5.74) is 3.56. The van der Waals surface area contributed by atoms with Crippen molar-refractivity contribution in [3.05, 3.63) is 29.3 Å². The zero-order valence-corrected chi connectivity index (χ0v) is 13.9. The summed E-state index contributed by atoms with van der Waals surface area (Å²) in [6.45, 7) is 4.38. The van der Waals surface area contributed by atoms with Gasteiger partial charge in [-0.05, 0) is 18.8 Å². The van der Waals surface area contributed by atoms with Gasteiger partial charge in [0.15, 0.2) is 0 Å². The van der Waals surface area contributed by atoms with Crippen LogP contribution in [0.1, 0.15) is 35.7 Å². The van der Waals surface area contributed by atoms with Crippen LogP contribution in [0.15, 0.2) is 12.4 Å². The van der Waals surface area contributed by atoms with E-state index in [0.29, 0.717) is 5.92 Å². The SMILES string of the molecule is Cn1cc(CN2Cc3nnn(C)c3[C@H](COCC3CC3)C2)cn1. The van der Waals surface area contributed by atoms with Gasteiger partial charge in [-0.2, -0.15) is 5.10 Å². The Morgan fingerprint density at radius 2 is 2.13 bits per heavy atom. The average molecular weight is 316 g/mol. The summed E-state index contributed by atoms with van der Waals surface area (Å²) in [6.07, 6.45) is 6.67. The number of aryl methyl sites for hydroxylation is 2. The number of hydrogen-bond donors (Lipinski definition) is 0. The van der Waals surface area contributed by atoms with Crippen molar-refractivity contribution in [2.45, 2.75) is 31.8 Å². The predicted molar refractivity (Wildman–Crippen MR) is 84.6 cm³/mol. The molecule has 0 amide bonds. The maximum absolute atomic E-state index is 5.97. The third-order valence-corrected chi connectivity index (χ3v) is 4.72. The van der Waals surface area contributed by atoms with Crippen molar-refractivity contribution in [1.29, 1.82) is 0 Å². The van der Waals surface area contributed by atoms with E-state index >= 15 is 0 Å². The van der Waals surface area contributed by atoms with E-state index in [9.17, 15) is 0 Å². The molecule has 7 nitrogen and oxygen atoms in total. The lowest BCUT2D eigenvalue weighted by atomic mass is 9.98. The van der Waals surface area contributed by atoms with E-state index in [4.69, 9.17) is 4.74 Å². The Bertz CT molecular complexity index is 674. The minimum Gasteiger partial charge on any atom is -0.380 e. The molecule has 1 saturated carbocycles. The molecule has 124 valence electrons. The molecule has 23 heavy (non-hydrogen) atoms. The fourth-order valence-corrected chi connectivity index (χ4v) is 3.42. The van der Waals surface area contributed by atoms with Gasteiger partial charge in [0.05, 0.1) is 18.5 Å². The zero-order valence-electron chi connectivity index (χ0n) is 13.9. The van der Waals surface area contributed by atoms with Crippen LogP contribution >= 0.6 is 0 Å². The monoisotopic (exact) mass is 316 g/mol. The van der Waals surface area contributed by atoms with Crippen LogP contribution in [-0.2, 0) is 31.9 Å². The van der Waals surface area contributed by atoms with E-state index in [1.165, 1.54) is 24.1 Å². The summed E-state index contributed by atoms with van der Waals surface area (Å²) in [4.78, 5) is 2.42. The summed E-state index contributed by atoms with van der Waals surface area (Å²) in [7, 11) is 3.94. The molecular weight excluding hydrogens is 292 g/mol. The molecule has 0 unspecified atom stereocenters. The van der Waals surface area contributed by atoms with Crippen molar-refractivity contribution < 1.29 is 4.74 Å². The minimum absolute atomic E-state index is 0.342. The van der Waals surface area contributed by atoms with Gasteiger partial charge in [0.25, 0.3) is 0 Å². The van der Waals surface area contributed by atoms with Gasteiger partial charge in [-0.25, -0.2) is 0 Å². The van der Waals surface area contributed by atoms with Gasteiger partial charge in [-0.3, -0.25) is 14.3 Å². The maximum Gasteiger partial charge on any atom is 0.100 e. The number of ether oxygens (including phenoxy) is 1. The third-order valence-electron chi connectivity index (χ3n) is 4.72. The fraction of sp³-hybridized carbons (Fsp3) is 0.688. The van der Waals surface area contributed by atoms with Crippen LogP contribution in [0, 0.1) is 5.92 Å². The first-order valence-electron chi connectivity index (χ1n) is 8.35. The van der Waals surface area contributed by atoms with Crippen molar-refractivity contribution in [3.63, 3.8) is 0 Å². The van der Waals surface area contributed by atoms with Crippen molar-refractivity contribution in [2.75, 3.05) is 19.8 Å². The van der Waals surface area contributed by atoms with Crippen molar-refractivity contribution in [1.82, 2.24) is 29.7 Å². The minimum atomic E-state index is 0.342. The highest BCUT2D eigenvalue weighted by atomic mass is 16.5. The van der Waals surface area contributed by atoms with E-state index in [2.05, 4.69) is 26.5 Å². The molecule has 1 aliphatic heterocycles. The Morgan fingerprint density at radius 3 is 2.87 bits per heavy atom. The Balaban J connectivity index is 1.45. The van der Waals surface area contributed by atoms with Gasteiger partial charge in [0.2, 0.25) is 0 Å². The van der Waals surface area contributed by atoms with Crippen LogP contribution in [-0.4, -0.2) is 49.4 Å². The van der Waals surface area contributed by atoms with Gasteiger partial charge in [0.1, 0.15) is 5.69 Å². The second-order valence-electron chi connectivity index (χ2n) is 6.91. The Kier molecular flexibility index (Phi) is 3.90. The van der Waals surface area contributed by atoms with Gasteiger partial charge < -0.3 is 4.74 Å². The highest BCUT2D eigenvalue weighted by Gasteiger charge is 2.31. The summed E-state index contributed by atoms with van der Waals surface area (Å²) in [6, 6.07) is 0. The maximum atomic E-state index is 5.97. The smallest absolute Gasteiger partial charge is 0.100 e. The lowest BCUT2D eigenvalue weighted by Gasteiger charge is -2.31. The van der Waals surface area contributed by atoms with Crippen molar-refractivity contribution in [2.24, 2.45) is 20.0 Å². The standard InChI is InChI=1S/C16H24N6O/c1-20-6-13(5-17-20)7-22-8-14(11-23-10-12-3-4-12)16-15(9-22)18-19-21(16)2/h5-6,12,14H,3-4,7-11H2,1-2H3/t14-/m0/s1. The Hall–Kier alpha value is -1.73. The van der Waals surface area contributed by atoms with E-state index in [1.807, 2.05) is 29.7 Å². The first-order chi connectivity index (χ1) is 11.2. The first-order valence-corrected chi connectivity index (χ1v) is 8.35. The van der Waals surface area contributed by atoms with E-state index in [0.717, 1.165) is 44.5 Å². The second kappa shape index (κ2) is 6.05. The van der Waals surface area contributed by atoms with Crippen molar-refractivity contribution >= 4 is 0 Å². The van der Waals surface area contributed by atoms with Gasteiger partial charge in [0, 0.05) is 58.0 Å². The molecule has 1 atom stereocenters. The highest BCUT2D eigenvalue weighted by molar-refractivity contribution is 5.20. The average Bonchev–Trinajstić information content (AvgIpc) is 3.15. The number of hydrogen-bond acceptors (Lipinski definition) is 5. The lowest BCUT2D eigenvalue weighted by molar-refractivity contribution is 0.0866. The molecule has 0 aromatic carbocycles. The molecule has 0 radical (unpaired) electrons. The molecule has 0 bridgehead atoms. The number of fused-ring (bicyclic) bond motifs is 1. The molecule has 2 aromatic rings. The van der Waals surface area contributed by atoms with Crippen molar-refractivity contribution in [3.8, 4) is 0 Å². The molecule has 2 aliphatic rings. The predicted octanol–water partition coefficient (Wildman–Crippen LogP) is 1.07. The summed E-state index contributed by atoms with van der Waals surface area (Å²) >= 11 is 0.